The fourth-order valence-electron chi connectivity index (χ4n) is 1.02. The Labute approximate surface area is 78.7 Å². The van der Waals surface area contributed by atoms with Crippen LogP contribution in [0.3, 0.4) is 0 Å². The molecule has 0 aliphatic rings. The average Bonchev–Trinajstić information content (AvgIpc) is 1.96. The van der Waals surface area contributed by atoms with Gasteiger partial charge in [0.1, 0.15) is 0 Å². The number of halogens is 3. The molecule has 0 rings (SSSR count). The number of aliphatic hydroxyl groups is 1. The van der Waals surface area contributed by atoms with Crippen LogP contribution in [0.25, 0.3) is 0 Å². The zero-order valence-corrected chi connectivity index (χ0v) is 7.34. The Morgan fingerprint density at radius 2 is 2.00 bits per heavy atom. The van der Waals surface area contributed by atoms with E-state index in [9.17, 15) is 18.0 Å². The molecule has 0 radical (unpaired) electrons. The van der Waals surface area contributed by atoms with Crippen molar-refractivity contribution in [3.8, 4) is 0 Å². The Kier molecular flexibility index (Phi) is 5.29. The normalized spacial score (nSPS) is 13.7. The van der Waals surface area contributed by atoms with Gasteiger partial charge in [-0.2, -0.15) is 13.2 Å². The Morgan fingerprint density at radius 3 is 2.36 bits per heavy atom. The first-order chi connectivity index (χ1) is 6.35. The molecule has 0 aromatic carbocycles. The van der Waals surface area contributed by atoms with E-state index in [1.54, 1.807) is 5.32 Å². The van der Waals surface area contributed by atoms with Crippen molar-refractivity contribution in [3.63, 3.8) is 0 Å². The molecule has 0 aliphatic carbocycles. The van der Waals surface area contributed by atoms with E-state index >= 15 is 0 Å². The summed E-state index contributed by atoms with van der Waals surface area (Å²) in [6.07, 6.45) is -6.98. The molecule has 14 heavy (non-hydrogen) atoms. The van der Waals surface area contributed by atoms with Crippen molar-refractivity contribution in [2.45, 2.75) is 31.5 Å². The van der Waals surface area contributed by atoms with Crippen molar-refractivity contribution in [3.05, 3.63) is 0 Å². The highest BCUT2D eigenvalue weighted by molar-refractivity contribution is 5.64. The van der Waals surface area contributed by atoms with Gasteiger partial charge in [0.15, 0.2) is 0 Å². The fraction of sp³-hybridized carbons (Fsp3) is 0.857. The van der Waals surface area contributed by atoms with Gasteiger partial charge in [0.25, 0.3) is 0 Å². The number of hydrogen-bond donors (Lipinski definition) is 3. The predicted molar refractivity (Wildman–Crippen MR) is 41.9 cm³/mol. The number of alkyl halides is 3. The SMILES string of the molecule is O=C(O)N[C@H](CCCO)CC(F)(F)F. The third kappa shape index (κ3) is 7.66. The highest BCUT2D eigenvalue weighted by Gasteiger charge is 2.32. The molecule has 0 aromatic heterocycles. The van der Waals surface area contributed by atoms with Crippen LogP contribution in [0.1, 0.15) is 19.3 Å². The van der Waals surface area contributed by atoms with Crippen LogP contribution in [0.2, 0.25) is 0 Å². The van der Waals surface area contributed by atoms with E-state index in [4.69, 9.17) is 10.2 Å². The summed E-state index contributed by atoms with van der Waals surface area (Å²) in [7, 11) is 0. The molecule has 1 atom stereocenters. The molecule has 0 bridgehead atoms. The Hall–Kier alpha value is -0.980. The van der Waals surface area contributed by atoms with E-state index in [1.165, 1.54) is 0 Å². The highest BCUT2D eigenvalue weighted by Crippen LogP contribution is 2.23. The predicted octanol–water partition coefficient (Wildman–Crippen LogP) is 1.35. The van der Waals surface area contributed by atoms with E-state index in [2.05, 4.69) is 0 Å². The summed E-state index contributed by atoms with van der Waals surface area (Å²) >= 11 is 0. The third-order valence-electron chi connectivity index (χ3n) is 1.52. The molecule has 3 N–H and O–H groups in total. The molecule has 0 aliphatic heterocycles. The van der Waals surface area contributed by atoms with E-state index in [0.29, 0.717) is 0 Å². The molecular weight excluding hydrogens is 203 g/mol. The summed E-state index contributed by atoms with van der Waals surface area (Å²) < 4.78 is 35.7. The van der Waals surface area contributed by atoms with Crippen LogP contribution in [0.4, 0.5) is 18.0 Å². The van der Waals surface area contributed by atoms with Gasteiger partial charge in [0, 0.05) is 12.6 Å². The number of carbonyl (C=O) groups is 1. The molecular formula is C7H12F3NO3. The number of amides is 1. The molecule has 0 fully saturated rings. The molecule has 0 heterocycles. The average molecular weight is 215 g/mol. The Morgan fingerprint density at radius 1 is 1.43 bits per heavy atom. The van der Waals surface area contributed by atoms with Crippen LogP contribution < -0.4 is 5.32 Å². The second-order valence-corrected chi connectivity index (χ2v) is 2.83. The van der Waals surface area contributed by atoms with E-state index < -0.39 is 24.7 Å². The topological polar surface area (TPSA) is 69.6 Å². The quantitative estimate of drug-likeness (QED) is 0.648. The number of rotatable bonds is 5. The number of hydrogen-bond acceptors (Lipinski definition) is 2. The summed E-state index contributed by atoms with van der Waals surface area (Å²) in [5.41, 5.74) is 0. The van der Waals surface area contributed by atoms with Crippen LogP contribution in [-0.2, 0) is 0 Å². The summed E-state index contributed by atoms with van der Waals surface area (Å²) in [5, 5.41) is 18.4. The summed E-state index contributed by atoms with van der Waals surface area (Å²) in [4.78, 5) is 10.1. The van der Waals surface area contributed by atoms with Gasteiger partial charge in [-0.05, 0) is 12.8 Å². The smallest absolute Gasteiger partial charge is 0.404 e. The van der Waals surface area contributed by atoms with Gasteiger partial charge in [0.2, 0.25) is 0 Å². The van der Waals surface area contributed by atoms with Crippen molar-refractivity contribution in [2.75, 3.05) is 6.61 Å². The van der Waals surface area contributed by atoms with Gasteiger partial charge < -0.3 is 15.5 Å². The van der Waals surface area contributed by atoms with Gasteiger partial charge >= 0.3 is 12.3 Å². The molecule has 0 aromatic rings. The zero-order chi connectivity index (χ0) is 11.2. The first-order valence-electron chi connectivity index (χ1n) is 4.02. The lowest BCUT2D eigenvalue weighted by Gasteiger charge is -2.17. The monoisotopic (exact) mass is 215 g/mol. The standard InChI is InChI=1S/C7H12F3NO3/c8-7(9,10)4-5(2-1-3-12)11-6(13)14/h5,11-12H,1-4H2,(H,13,14)/t5-/m1/s1. The highest BCUT2D eigenvalue weighted by atomic mass is 19.4. The second kappa shape index (κ2) is 5.69. The molecule has 1 amide bonds. The molecule has 0 unspecified atom stereocenters. The lowest BCUT2D eigenvalue weighted by molar-refractivity contribution is -0.140. The number of nitrogens with one attached hydrogen (secondary N) is 1. The summed E-state index contributed by atoms with van der Waals surface area (Å²) in [6.45, 7) is -0.254. The first kappa shape index (κ1) is 13.0. The van der Waals surface area contributed by atoms with Crippen molar-refractivity contribution in [1.82, 2.24) is 5.32 Å². The maximum absolute atomic E-state index is 11.9. The van der Waals surface area contributed by atoms with E-state index in [1.807, 2.05) is 0 Å². The van der Waals surface area contributed by atoms with Gasteiger partial charge in [0.05, 0.1) is 6.42 Å². The van der Waals surface area contributed by atoms with Gasteiger partial charge in [-0.15, -0.1) is 0 Å². The lowest BCUT2D eigenvalue weighted by atomic mass is 10.1. The largest absolute Gasteiger partial charge is 0.465 e. The first-order valence-corrected chi connectivity index (χ1v) is 4.02. The van der Waals surface area contributed by atoms with Crippen molar-refractivity contribution < 1.29 is 28.2 Å². The maximum atomic E-state index is 11.9. The zero-order valence-electron chi connectivity index (χ0n) is 7.34. The third-order valence-corrected chi connectivity index (χ3v) is 1.52. The van der Waals surface area contributed by atoms with Gasteiger partial charge in [-0.1, -0.05) is 0 Å². The number of aliphatic hydroxyl groups excluding tert-OH is 1. The van der Waals surface area contributed by atoms with Gasteiger partial charge in [-0.25, -0.2) is 4.79 Å². The molecule has 84 valence electrons. The second-order valence-electron chi connectivity index (χ2n) is 2.83. The van der Waals surface area contributed by atoms with Crippen molar-refractivity contribution >= 4 is 6.09 Å². The molecule has 0 spiro atoms. The van der Waals surface area contributed by atoms with Crippen LogP contribution in [0.15, 0.2) is 0 Å². The number of carboxylic acid groups (broad SMARTS) is 1. The molecule has 0 saturated heterocycles. The summed E-state index contributed by atoms with van der Waals surface area (Å²) in [5.74, 6) is 0. The Balaban J connectivity index is 4.03. The maximum Gasteiger partial charge on any atom is 0.404 e. The minimum Gasteiger partial charge on any atom is -0.465 e. The van der Waals surface area contributed by atoms with Crippen LogP contribution >= 0.6 is 0 Å². The van der Waals surface area contributed by atoms with Crippen LogP contribution in [0, 0.1) is 0 Å². The Bertz CT molecular complexity index is 184. The molecule has 4 nitrogen and oxygen atoms in total. The van der Waals surface area contributed by atoms with E-state index in [0.717, 1.165) is 0 Å². The van der Waals surface area contributed by atoms with Crippen molar-refractivity contribution in [1.29, 1.82) is 0 Å². The lowest BCUT2D eigenvalue weighted by Crippen LogP contribution is -2.37. The van der Waals surface area contributed by atoms with Gasteiger partial charge in [-0.3, -0.25) is 0 Å². The van der Waals surface area contributed by atoms with Crippen LogP contribution in [-0.4, -0.2) is 35.1 Å². The minimum absolute atomic E-state index is 0.0255. The molecule has 0 saturated carbocycles. The minimum atomic E-state index is -4.40. The summed E-state index contributed by atoms with van der Waals surface area (Å²) in [6, 6.07) is -1.18. The van der Waals surface area contributed by atoms with E-state index in [-0.39, 0.29) is 19.4 Å². The molecule has 7 heteroatoms. The van der Waals surface area contributed by atoms with Crippen molar-refractivity contribution in [2.24, 2.45) is 0 Å². The van der Waals surface area contributed by atoms with Crippen LogP contribution in [0.5, 0.6) is 0 Å². The fourth-order valence-corrected chi connectivity index (χ4v) is 1.02.